The summed E-state index contributed by atoms with van der Waals surface area (Å²) in [5.74, 6) is 1.38. The zero-order valence-electron chi connectivity index (χ0n) is 11.1. The van der Waals surface area contributed by atoms with Crippen LogP contribution in [0.4, 0.5) is 4.79 Å². The van der Waals surface area contributed by atoms with Gasteiger partial charge in [-0.1, -0.05) is 22.9 Å². The zero-order valence-corrected chi connectivity index (χ0v) is 12.7. The second kappa shape index (κ2) is 4.45. The molecule has 1 amide bonds. The van der Waals surface area contributed by atoms with Gasteiger partial charge in [0.05, 0.1) is 0 Å². The third kappa shape index (κ3) is 2.78. The van der Waals surface area contributed by atoms with E-state index >= 15 is 0 Å². The summed E-state index contributed by atoms with van der Waals surface area (Å²) < 4.78 is 5.45. The van der Waals surface area contributed by atoms with E-state index < -0.39 is 0 Å². The SMILES string of the molecule is CC(Br)CC1[C@H]2C[C@@H]1N(C(=O)OC(C)(C)C)C2. The number of hydrogen-bond acceptors (Lipinski definition) is 2. The lowest BCUT2D eigenvalue weighted by Crippen LogP contribution is -2.43. The molecule has 2 saturated heterocycles. The maximum Gasteiger partial charge on any atom is 0.410 e. The van der Waals surface area contributed by atoms with E-state index in [9.17, 15) is 4.79 Å². The standard InChI is InChI=1S/C13H22BrNO2/c1-8(14)5-10-9-6-11(10)15(7-9)12(16)17-13(2,3)4/h8-11H,5-7H2,1-4H3/t8?,9-,10?,11-/m0/s1. The number of carbonyl (C=O) groups is 1. The van der Waals surface area contributed by atoms with Crippen LogP contribution in [0.3, 0.4) is 0 Å². The van der Waals surface area contributed by atoms with Crippen molar-refractivity contribution in [2.75, 3.05) is 6.54 Å². The minimum Gasteiger partial charge on any atom is -0.444 e. The fraction of sp³-hybridized carbons (Fsp3) is 0.923. The highest BCUT2D eigenvalue weighted by molar-refractivity contribution is 9.09. The van der Waals surface area contributed by atoms with Crippen LogP contribution in [0.15, 0.2) is 0 Å². The molecule has 1 saturated carbocycles. The first kappa shape index (κ1) is 13.2. The summed E-state index contributed by atoms with van der Waals surface area (Å²) in [7, 11) is 0. The first-order valence-corrected chi connectivity index (χ1v) is 7.33. The predicted molar refractivity (Wildman–Crippen MR) is 71.3 cm³/mol. The molecule has 0 radical (unpaired) electrons. The summed E-state index contributed by atoms with van der Waals surface area (Å²) in [5.41, 5.74) is -0.387. The lowest BCUT2D eigenvalue weighted by molar-refractivity contribution is 0.0198. The molecule has 98 valence electrons. The van der Waals surface area contributed by atoms with Crippen molar-refractivity contribution in [2.24, 2.45) is 11.8 Å². The van der Waals surface area contributed by atoms with E-state index in [-0.39, 0.29) is 11.7 Å². The number of hydrogen-bond donors (Lipinski definition) is 0. The number of carbonyl (C=O) groups excluding carboxylic acids is 1. The topological polar surface area (TPSA) is 29.5 Å². The van der Waals surface area contributed by atoms with Gasteiger partial charge in [0, 0.05) is 17.4 Å². The summed E-state index contributed by atoms with van der Waals surface area (Å²) in [5, 5.41) is 0. The zero-order chi connectivity index (χ0) is 12.8. The Morgan fingerprint density at radius 2 is 2.18 bits per heavy atom. The molecule has 3 nitrogen and oxygen atoms in total. The van der Waals surface area contributed by atoms with Crippen LogP contribution in [0.25, 0.3) is 0 Å². The Morgan fingerprint density at radius 3 is 2.71 bits per heavy atom. The molecule has 0 aromatic rings. The third-order valence-corrected chi connectivity index (χ3v) is 4.07. The minimum atomic E-state index is -0.387. The van der Waals surface area contributed by atoms with E-state index in [4.69, 9.17) is 4.74 Å². The minimum absolute atomic E-state index is 0.130. The van der Waals surface area contributed by atoms with E-state index in [2.05, 4.69) is 22.9 Å². The lowest BCUT2D eigenvalue weighted by Gasteiger charge is -2.37. The molecule has 0 N–H and O–H groups in total. The van der Waals surface area contributed by atoms with Gasteiger partial charge in [-0.3, -0.25) is 0 Å². The van der Waals surface area contributed by atoms with Gasteiger partial charge in [0.15, 0.2) is 0 Å². The summed E-state index contributed by atoms with van der Waals surface area (Å²) in [6.07, 6.45) is 2.20. The molecule has 3 aliphatic rings. The second-order valence-corrected chi connectivity index (χ2v) is 7.94. The van der Waals surface area contributed by atoms with E-state index in [0.29, 0.717) is 22.7 Å². The Labute approximate surface area is 112 Å². The summed E-state index contributed by atoms with van der Waals surface area (Å²) in [6, 6.07) is 0.426. The number of amides is 1. The number of ether oxygens (including phenoxy) is 1. The van der Waals surface area contributed by atoms with E-state index in [1.165, 1.54) is 6.42 Å². The van der Waals surface area contributed by atoms with E-state index in [1.54, 1.807) is 0 Å². The monoisotopic (exact) mass is 303 g/mol. The van der Waals surface area contributed by atoms with Crippen LogP contribution < -0.4 is 0 Å². The van der Waals surface area contributed by atoms with Crippen LogP contribution in [0, 0.1) is 11.8 Å². The molecule has 2 bridgehead atoms. The van der Waals surface area contributed by atoms with Gasteiger partial charge in [0.2, 0.25) is 0 Å². The highest BCUT2D eigenvalue weighted by atomic mass is 79.9. The van der Waals surface area contributed by atoms with Crippen LogP contribution in [0.1, 0.15) is 40.5 Å². The van der Waals surface area contributed by atoms with Crippen LogP contribution in [0.5, 0.6) is 0 Å². The van der Waals surface area contributed by atoms with Crippen LogP contribution in [-0.2, 0) is 4.74 Å². The van der Waals surface area contributed by atoms with Gasteiger partial charge in [0.25, 0.3) is 0 Å². The van der Waals surface area contributed by atoms with Gasteiger partial charge < -0.3 is 9.64 Å². The number of fused-ring (bicyclic) bond motifs is 1. The molecule has 4 atom stereocenters. The summed E-state index contributed by atoms with van der Waals surface area (Å²) in [4.78, 5) is 14.5. The molecule has 1 aliphatic carbocycles. The first-order valence-electron chi connectivity index (χ1n) is 6.41. The van der Waals surface area contributed by atoms with Gasteiger partial charge >= 0.3 is 6.09 Å². The van der Waals surface area contributed by atoms with Crippen LogP contribution in [0.2, 0.25) is 0 Å². The molecule has 3 rings (SSSR count). The van der Waals surface area contributed by atoms with Crippen molar-refractivity contribution < 1.29 is 9.53 Å². The molecular formula is C13H22BrNO2. The lowest BCUT2D eigenvalue weighted by atomic mass is 9.71. The van der Waals surface area contributed by atoms with Crippen molar-refractivity contribution in [1.82, 2.24) is 4.90 Å². The average molecular weight is 304 g/mol. The second-order valence-electron chi connectivity index (χ2n) is 6.38. The summed E-state index contributed by atoms with van der Waals surface area (Å²) >= 11 is 3.60. The number of rotatable bonds is 2. The van der Waals surface area contributed by atoms with Gasteiger partial charge in [0.1, 0.15) is 5.60 Å². The van der Waals surface area contributed by atoms with Gasteiger partial charge in [-0.2, -0.15) is 0 Å². The normalized spacial score (nSPS) is 33.2. The third-order valence-electron chi connectivity index (χ3n) is 3.70. The number of alkyl halides is 1. The Morgan fingerprint density at radius 1 is 1.53 bits per heavy atom. The van der Waals surface area contributed by atoms with Crippen molar-refractivity contribution in [3.63, 3.8) is 0 Å². The average Bonchev–Trinajstić information content (AvgIpc) is 2.68. The highest BCUT2D eigenvalue weighted by Crippen LogP contribution is 2.49. The molecule has 2 unspecified atom stereocenters. The quantitative estimate of drug-likeness (QED) is 0.732. The van der Waals surface area contributed by atoms with Crippen LogP contribution in [-0.4, -0.2) is 34.0 Å². The van der Waals surface area contributed by atoms with Crippen molar-refractivity contribution in [3.05, 3.63) is 0 Å². The van der Waals surface area contributed by atoms with Crippen molar-refractivity contribution in [1.29, 1.82) is 0 Å². The molecule has 4 heteroatoms. The van der Waals surface area contributed by atoms with Crippen LogP contribution >= 0.6 is 15.9 Å². The molecule has 2 heterocycles. The molecular weight excluding hydrogens is 282 g/mol. The number of halogens is 1. The smallest absolute Gasteiger partial charge is 0.410 e. The van der Waals surface area contributed by atoms with Crippen molar-refractivity contribution >= 4 is 22.0 Å². The Bertz CT molecular complexity index is 311. The molecule has 2 aliphatic heterocycles. The first-order chi connectivity index (χ1) is 7.78. The fourth-order valence-electron chi connectivity index (χ4n) is 2.99. The number of nitrogens with zero attached hydrogens (tertiary/aromatic N) is 1. The largest absolute Gasteiger partial charge is 0.444 e. The Hall–Kier alpha value is -0.250. The Balaban J connectivity index is 1.91. The molecule has 17 heavy (non-hydrogen) atoms. The van der Waals surface area contributed by atoms with E-state index in [1.807, 2.05) is 25.7 Å². The van der Waals surface area contributed by atoms with Gasteiger partial charge in [-0.15, -0.1) is 0 Å². The predicted octanol–water partition coefficient (Wildman–Crippen LogP) is 3.42. The molecule has 0 aromatic carbocycles. The van der Waals surface area contributed by atoms with E-state index in [0.717, 1.165) is 13.0 Å². The summed E-state index contributed by atoms with van der Waals surface area (Å²) in [6.45, 7) is 8.83. The van der Waals surface area contributed by atoms with Crippen molar-refractivity contribution in [2.45, 2.75) is 57.0 Å². The molecule has 0 aromatic heterocycles. The fourth-order valence-corrected chi connectivity index (χ4v) is 3.42. The highest BCUT2D eigenvalue weighted by Gasteiger charge is 2.54. The Kier molecular flexibility index (Phi) is 3.45. The van der Waals surface area contributed by atoms with Gasteiger partial charge in [-0.25, -0.2) is 4.79 Å². The maximum absolute atomic E-state index is 12.0. The van der Waals surface area contributed by atoms with Crippen molar-refractivity contribution in [3.8, 4) is 0 Å². The molecule has 3 fully saturated rings. The van der Waals surface area contributed by atoms with Gasteiger partial charge in [-0.05, 0) is 45.4 Å². The maximum atomic E-state index is 12.0. The molecule has 0 spiro atoms.